The maximum Gasteiger partial charge on any atom is 0.288 e. The standard InChI is InChI=1S/C17H17F2NOS/c1-11(2)12-6-5-7-13(10-12)20-16(21)14-8-3-4-9-15(14)22-17(18)19/h3-11,17H,1-2H3,(H,20,21). The summed E-state index contributed by atoms with van der Waals surface area (Å²) in [4.78, 5) is 12.6. The molecule has 22 heavy (non-hydrogen) atoms. The van der Waals surface area contributed by atoms with Gasteiger partial charge in [-0.1, -0.05) is 49.9 Å². The van der Waals surface area contributed by atoms with Crippen molar-refractivity contribution in [3.05, 3.63) is 59.7 Å². The van der Waals surface area contributed by atoms with E-state index in [1.54, 1.807) is 24.3 Å². The van der Waals surface area contributed by atoms with Crippen molar-refractivity contribution >= 4 is 23.4 Å². The summed E-state index contributed by atoms with van der Waals surface area (Å²) in [5.41, 5.74) is 2.02. The molecular weight excluding hydrogens is 304 g/mol. The third-order valence-corrected chi connectivity index (χ3v) is 3.95. The molecule has 0 radical (unpaired) electrons. The molecule has 0 aliphatic rings. The van der Waals surface area contributed by atoms with Crippen molar-refractivity contribution in [3.63, 3.8) is 0 Å². The first kappa shape index (κ1) is 16.5. The van der Waals surface area contributed by atoms with Gasteiger partial charge in [0, 0.05) is 10.6 Å². The van der Waals surface area contributed by atoms with Crippen molar-refractivity contribution in [1.29, 1.82) is 0 Å². The number of carbonyl (C=O) groups excluding carboxylic acids is 1. The number of hydrogen-bond acceptors (Lipinski definition) is 2. The van der Waals surface area contributed by atoms with E-state index in [1.165, 1.54) is 6.07 Å². The minimum Gasteiger partial charge on any atom is -0.322 e. The molecule has 0 aliphatic carbocycles. The van der Waals surface area contributed by atoms with Crippen molar-refractivity contribution in [2.45, 2.75) is 30.4 Å². The Balaban J connectivity index is 2.21. The molecule has 0 atom stereocenters. The number of thioether (sulfide) groups is 1. The highest BCUT2D eigenvalue weighted by Gasteiger charge is 2.15. The lowest BCUT2D eigenvalue weighted by atomic mass is 10.0. The molecule has 0 fully saturated rings. The number of halogens is 2. The Hall–Kier alpha value is -1.88. The summed E-state index contributed by atoms with van der Waals surface area (Å²) in [6, 6.07) is 13.9. The predicted molar refractivity (Wildman–Crippen MR) is 86.8 cm³/mol. The van der Waals surface area contributed by atoms with Gasteiger partial charge in [-0.15, -0.1) is 0 Å². The SMILES string of the molecule is CC(C)c1cccc(NC(=O)c2ccccc2SC(F)F)c1. The zero-order chi connectivity index (χ0) is 16.1. The van der Waals surface area contributed by atoms with Gasteiger partial charge in [-0.05, 0) is 35.7 Å². The van der Waals surface area contributed by atoms with E-state index in [0.29, 0.717) is 23.4 Å². The van der Waals surface area contributed by atoms with Crippen LogP contribution in [0.1, 0.15) is 35.7 Å². The van der Waals surface area contributed by atoms with Crippen LogP contribution in [0.15, 0.2) is 53.4 Å². The Bertz CT molecular complexity index is 659. The van der Waals surface area contributed by atoms with Crippen molar-refractivity contribution in [2.75, 3.05) is 5.32 Å². The summed E-state index contributed by atoms with van der Waals surface area (Å²) in [7, 11) is 0. The fourth-order valence-corrected chi connectivity index (χ4v) is 2.66. The van der Waals surface area contributed by atoms with Crippen molar-refractivity contribution in [1.82, 2.24) is 0 Å². The van der Waals surface area contributed by atoms with E-state index in [9.17, 15) is 13.6 Å². The van der Waals surface area contributed by atoms with Crippen molar-refractivity contribution < 1.29 is 13.6 Å². The highest BCUT2D eigenvalue weighted by Crippen LogP contribution is 2.29. The van der Waals surface area contributed by atoms with Crippen LogP contribution in [0.3, 0.4) is 0 Å². The van der Waals surface area contributed by atoms with Crippen LogP contribution < -0.4 is 5.32 Å². The van der Waals surface area contributed by atoms with Gasteiger partial charge in [0.15, 0.2) is 0 Å². The van der Waals surface area contributed by atoms with E-state index in [1.807, 2.05) is 18.2 Å². The minimum absolute atomic E-state index is 0.253. The van der Waals surface area contributed by atoms with Crippen LogP contribution in [0.5, 0.6) is 0 Å². The second-order valence-corrected chi connectivity index (χ2v) is 6.14. The molecule has 1 N–H and O–H groups in total. The van der Waals surface area contributed by atoms with Gasteiger partial charge in [0.2, 0.25) is 0 Å². The Morgan fingerprint density at radius 1 is 1.09 bits per heavy atom. The first-order valence-corrected chi connectivity index (χ1v) is 7.80. The summed E-state index contributed by atoms with van der Waals surface area (Å²) in [5.74, 6) is -2.60. The fourth-order valence-electron chi connectivity index (χ4n) is 2.03. The lowest BCUT2D eigenvalue weighted by molar-refractivity contribution is 0.102. The molecule has 0 aliphatic heterocycles. The second kappa shape index (κ2) is 7.40. The topological polar surface area (TPSA) is 29.1 Å². The molecule has 0 saturated carbocycles. The number of hydrogen-bond donors (Lipinski definition) is 1. The van der Waals surface area contributed by atoms with Crippen LogP contribution in [0, 0.1) is 0 Å². The maximum atomic E-state index is 12.6. The molecule has 0 spiro atoms. The zero-order valence-electron chi connectivity index (χ0n) is 12.3. The minimum atomic E-state index is -2.56. The maximum absolute atomic E-state index is 12.6. The van der Waals surface area contributed by atoms with Crippen LogP contribution in [0.25, 0.3) is 0 Å². The van der Waals surface area contributed by atoms with Gasteiger partial charge in [0.25, 0.3) is 11.7 Å². The largest absolute Gasteiger partial charge is 0.322 e. The van der Waals surface area contributed by atoms with Crippen LogP contribution in [0.4, 0.5) is 14.5 Å². The third-order valence-electron chi connectivity index (χ3n) is 3.16. The van der Waals surface area contributed by atoms with E-state index >= 15 is 0 Å². The first-order chi connectivity index (χ1) is 10.5. The van der Waals surface area contributed by atoms with E-state index in [4.69, 9.17) is 0 Å². The van der Waals surface area contributed by atoms with Gasteiger partial charge >= 0.3 is 0 Å². The van der Waals surface area contributed by atoms with Gasteiger partial charge in [-0.25, -0.2) is 0 Å². The van der Waals surface area contributed by atoms with Crippen LogP contribution >= 0.6 is 11.8 Å². The molecule has 0 heterocycles. The first-order valence-electron chi connectivity index (χ1n) is 6.92. The Labute approximate surface area is 132 Å². The van der Waals surface area contributed by atoms with E-state index in [0.717, 1.165) is 5.56 Å². The summed E-state index contributed by atoms with van der Waals surface area (Å²) in [6.45, 7) is 4.13. The van der Waals surface area contributed by atoms with E-state index < -0.39 is 5.76 Å². The molecule has 0 unspecified atom stereocenters. The predicted octanol–water partition coefficient (Wildman–Crippen LogP) is 5.38. The summed E-state index contributed by atoms with van der Waals surface area (Å²) in [5, 5.41) is 2.77. The Kier molecular flexibility index (Phi) is 5.55. The number of carbonyl (C=O) groups is 1. The Morgan fingerprint density at radius 2 is 1.82 bits per heavy atom. The molecule has 116 valence electrons. The van der Waals surface area contributed by atoms with Gasteiger partial charge in [-0.2, -0.15) is 8.78 Å². The fraction of sp³-hybridized carbons (Fsp3) is 0.235. The molecule has 2 nitrogen and oxygen atoms in total. The van der Waals surface area contributed by atoms with Crippen LogP contribution in [-0.4, -0.2) is 11.7 Å². The molecule has 1 amide bonds. The number of amides is 1. The van der Waals surface area contributed by atoms with E-state index in [-0.39, 0.29) is 16.4 Å². The highest BCUT2D eigenvalue weighted by molar-refractivity contribution is 7.99. The summed E-state index contributed by atoms with van der Waals surface area (Å²) >= 11 is 0.378. The summed E-state index contributed by atoms with van der Waals surface area (Å²) in [6.07, 6.45) is 0. The second-order valence-electron chi connectivity index (χ2n) is 5.11. The number of alkyl halides is 2. The average molecular weight is 321 g/mol. The number of nitrogens with one attached hydrogen (secondary N) is 1. The normalized spacial score (nSPS) is 11.0. The van der Waals surface area contributed by atoms with Crippen molar-refractivity contribution in [2.24, 2.45) is 0 Å². The smallest absolute Gasteiger partial charge is 0.288 e. The van der Waals surface area contributed by atoms with Gasteiger partial charge in [-0.3, -0.25) is 4.79 Å². The lowest BCUT2D eigenvalue weighted by Crippen LogP contribution is -2.13. The molecule has 2 aromatic rings. The third kappa shape index (κ3) is 4.31. The average Bonchev–Trinajstić information content (AvgIpc) is 2.47. The van der Waals surface area contributed by atoms with Crippen LogP contribution in [0.2, 0.25) is 0 Å². The molecule has 2 rings (SSSR count). The number of anilines is 1. The molecule has 2 aromatic carbocycles. The van der Waals surface area contributed by atoms with Gasteiger partial charge < -0.3 is 5.32 Å². The molecule has 0 aromatic heterocycles. The number of benzene rings is 2. The van der Waals surface area contributed by atoms with E-state index in [2.05, 4.69) is 19.2 Å². The highest BCUT2D eigenvalue weighted by atomic mass is 32.2. The monoisotopic (exact) mass is 321 g/mol. The molecule has 0 bridgehead atoms. The Morgan fingerprint density at radius 3 is 2.50 bits per heavy atom. The number of rotatable bonds is 5. The summed E-state index contributed by atoms with van der Waals surface area (Å²) < 4.78 is 25.1. The zero-order valence-corrected chi connectivity index (χ0v) is 13.2. The molecule has 0 saturated heterocycles. The van der Waals surface area contributed by atoms with Crippen molar-refractivity contribution in [3.8, 4) is 0 Å². The molecular formula is C17H17F2NOS. The van der Waals surface area contributed by atoms with Gasteiger partial charge in [0.1, 0.15) is 0 Å². The lowest BCUT2D eigenvalue weighted by Gasteiger charge is -2.11. The molecule has 5 heteroatoms. The van der Waals surface area contributed by atoms with Crippen LogP contribution in [-0.2, 0) is 0 Å². The van der Waals surface area contributed by atoms with Gasteiger partial charge in [0.05, 0.1) is 5.56 Å². The quantitative estimate of drug-likeness (QED) is 0.749.